The third-order valence-electron chi connectivity index (χ3n) is 1.97. The SMILES string of the molecule is CCc1ccc(C(OC)=[O+]C)cc1. The van der Waals surface area contributed by atoms with E-state index in [1.54, 1.807) is 14.2 Å². The smallest absolute Gasteiger partial charge is 0.321 e. The average molecular weight is 179 g/mol. The number of esters is 1. The quantitative estimate of drug-likeness (QED) is 0.503. The Kier molecular flexibility index (Phi) is 3.50. The highest BCUT2D eigenvalue weighted by Crippen LogP contribution is 2.06. The largest absolute Gasteiger partial charge is 0.519 e. The number of benzene rings is 1. The predicted molar refractivity (Wildman–Crippen MR) is 53.1 cm³/mol. The van der Waals surface area contributed by atoms with Crippen LogP contribution in [0.15, 0.2) is 24.3 Å². The maximum atomic E-state index is 5.05. The molecular formula is C11H15O2+. The van der Waals surface area contributed by atoms with E-state index in [2.05, 4.69) is 19.1 Å². The van der Waals surface area contributed by atoms with Crippen LogP contribution in [0.1, 0.15) is 22.5 Å². The summed E-state index contributed by atoms with van der Waals surface area (Å²) in [5.74, 6) is 0.558. The predicted octanol–water partition coefficient (Wildman–Crippen LogP) is 2.20. The molecule has 70 valence electrons. The lowest BCUT2D eigenvalue weighted by Crippen LogP contribution is -2.03. The van der Waals surface area contributed by atoms with E-state index >= 15 is 0 Å². The molecule has 0 radical (unpaired) electrons. The molecule has 0 aromatic heterocycles. The lowest BCUT2D eigenvalue weighted by atomic mass is 10.1. The van der Waals surface area contributed by atoms with Crippen molar-refractivity contribution in [3.63, 3.8) is 0 Å². The first kappa shape index (κ1) is 9.78. The minimum absolute atomic E-state index is 0.558. The van der Waals surface area contributed by atoms with Crippen molar-refractivity contribution in [1.29, 1.82) is 0 Å². The van der Waals surface area contributed by atoms with Gasteiger partial charge in [0.25, 0.3) is 0 Å². The lowest BCUT2D eigenvalue weighted by Gasteiger charge is -1.96. The van der Waals surface area contributed by atoms with E-state index in [-0.39, 0.29) is 0 Å². The van der Waals surface area contributed by atoms with Crippen molar-refractivity contribution in [2.24, 2.45) is 0 Å². The van der Waals surface area contributed by atoms with Crippen molar-refractivity contribution in [3.05, 3.63) is 35.4 Å². The van der Waals surface area contributed by atoms with E-state index in [1.807, 2.05) is 12.1 Å². The molecule has 0 fully saturated rings. The molecule has 0 saturated heterocycles. The first-order chi connectivity index (χ1) is 6.31. The lowest BCUT2D eigenvalue weighted by molar-refractivity contribution is -0.239. The summed E-state index contributed by atoms with van der Waals surface area (Å²) in [6, 6.07) is 8.16. The van der Waals surface area contributed by atoms with Crippen molar-refractivity contribution in [1.82, 2.24) is 0 Å². The van der Waals surface area contributed by atoms with Crippen molar-refractivity contribution >= 4 is 5.97 Å². The Balaban J connectivity index is 2.91. The van der Waals surface area contributed by atoms with E-state index in [1.165, 1.54) is 5.56 Å². The van der Waals surface area contributed by atoms with Gasteiger partial charge in [0.05, 0.1) is 0 Å². The summed E-state index contributed by atoms with van der Waals surface area (Å²) >= 11 is 0. The van der Waals surface area contributed by atoms with E-state index in [0.29, 0.717) is 5.97 Å². The molecular weight excluding hydrogens is 164 g/mol. The summed E-state index contributed by atoms with van der Waals surface area (Å²) in [6.07, 6.45) is 1.05. The second-order valence-electron chi connectivity index (χ2n) is 2.75. The number of aryl methyl sites for hydroxylation is 1. The van der Waals surface area contributed by atoms with Crippen LogP contribution in [-0.2, 0) is 11.2 Å². The van der Waals surface area contributed by atoms with E-state index in [0.717, 1.165) is 12.0 Å². The Morgan fingerprint density at radius 2 is 1.92 bits per heavy atom. The van der Waals surface area contributed by atoms with Gasteiger partial charge in [0, 0.05) is 0 Å². The molecule has 2 heteroatoms. The van der Waals surface area contributed by atoms with Gasteiger partial charge < -0.3 is 9.16 Å². The van der Waals surface area contributed by atoms with E-state index in [9.17, 15) is 0 Å². The Morgan fingerprint density at radius 3 is 2.31 bits per heavy atom. The Hall–Kier alpha value is -1.31. The Morgan fingerprint density at radius 1 is 1.31 bits per heavy atom. The first-order valence-electron chi connectivity index (χ1n) is 4.36. The molecule has 1 aromatic carbocycles. The molecule has 1 rings (SSSR count). The fourth-order valence-electron chi connectivity index (χ4n) is 1.20. The summed E-state index contributed by atoms with van der Waals surface area (Å²) in [7, 11) is 3.21. The van der Waals surface area contributed by atoms with Crippen molar-refractivity contribution in [2.45, 2.75) is 13.3 Å². The molecule has 0 saturated carbocycles. The van der Waals surface area contributed by atoms with Gasteiger partial charge in [-0.15, -0.1) is 0 Å². The molecule has 13 heavy (non-hydrogen) atoms. The maximum Gasteiger partial charge on any atom is 0.519 e. The molecule has 0 aliphatic heterocycles. The molecule has 0 spiro atoms. The fourth-order valence-corrected chi connectivity index (χ4v) is 1.20. The molecule has 0 amide bonds. The number of hydrogen-bond donors (Lipinski definition) is 0. The monoisotopic (exact) mass is 179 g/mol. The third kappa shape index (κ3) is 2.31. The van der Waals surface area contributed by atoms with Gasteiger partial charge in [-0.25, -0.2) is 0 Å². The summed E-state index contributed by atoms with van der Waals surface area (Å²) in [5.41, 5.74) is 2.29. The topological polar surface area (TPSA) is 20.5 Å². The molecule has 0 N–H and O–H groups in total. The van der Waals surface area contributed by atoms with Crippen molar-refractivity contribution in [2.75, 3.05) is 14.2 Å². The summed E-state index contributed by atoms with van der Waals surface area (Å²) < 4.78 is 10.1. The molecule has 0 aliphatic rings. The van der Waals surface area contributed by atoms with Crippen LogP contribution in [-0.4, -0.2) is 20.2 Å². The highest BCUT2D eigenvalue weighted by Gasteiger charge is 2.13. The molecule has 0 unspecified atom stereocenters. The van der Waals surface area contributed by atoms with Crippen molar-refractivity contribution in [3.8, 4) is 0 Å². The first-order valence-corrected chi connectivity index (χ1v) is 4.36. The highest BCUT2D eigenvalue weighted by atomic mass is 16.6. The maximum absolute atomic E-state index is 5.05. The van der Waals surface area contributed by atoms with Crippen LogP contribution in [0.4, 0.5) is 0 Å². The van der Waals surface area contributed by atoms with Gasteiger partial charge in [-0.2, -0.15) is 0 Å². The van der Waals surface area contributed by atoms with Crippen LogP contribution in [0.25, 0.3) is 0 Å². The Labute approximate surface area is 78.9 Å². The van der Waals surface area contributed by atoms with Gasteiger partial charge in [-0.3, -0.25) is 0 Å². The third-order valence-corrected chi connectivity index (χ3v) is 1.97. The zero-order chi connectivity index (χ0) is 9.68. The number of carbonyl (C=O) groups excluding carboxylic acids is 1. The number of methoxy groups -OCH3 is 1. The molecule has 2 nitrogen and oxygen atoms in total. The second kappa shape index (κ2) is 4.65. The number of ether oxygens (including phenoxy) is 1. The average Bonchev–Trinajstić information content (AvgIpc) is 2.21. The molecule has 0 aliphatic carbocycles. The molecule has 0 atom stereocenters. The minimum Gasteiger partial charge on any atom is -0.321 e. The van der Waals surface area contributed by atoms with E-state index in [4.69, 9.17) is 9.16 Å². The second-order valence-corrected chi connectivity index (χ2v) is 2.75. The summed E-state index contributed by atoms with van der Waals surface area (Å²) in [5, 5.41) is 0. The Bertz CT molecular complexity index is 285. The molecule has 0 bridgehead atoms. The standard InChI is InChI=1S/C11H15O2/c1-4-9-5-7-10(8-6-9)11(12-2)13-3/h5-8H,4H2,1-3H3/q+1. The van der Waals surface area contributed by atoms with Crippen molar-refractivity contribution < 1.29 is 9.16 Å². The van der Waals surface area contributed by atoms with Crippen LogP contribution in [0.5, 0.6) is 0 Å². The van der Waals surface area contributed by atoms with Crippen LogP contribution < -0.4 is 0 Å². The summed E-state index contributed by atoms with van der Waals surface area (Å²) in [6.45, 7) is 2.13. The van der Waals surface area contributed by atoms with Gasteiger partial charge in [-0.05, 0) is 24.1 Å². The fraction of sp³-hybridized carbons (Fsp3) is 0.364. The number of hydrogen-bond acceptors (Lipinski definition) is 1. The van der Waals surface area contributed by atoms with Gasteiger partial charge >= 0.3 is 5.97 Å². The normalized spacial score (nSPS) is 11.5. The molecule has 1 aromatic rings. The summed E-state index contributed by atoms with van der Waals surface area (Å²) in [4.78, 5) is 0. The van der Waals surface area contributed by atoms with Gasteiger partial charge in [-0.1, -0.05) is 19.1 Å². The van der Waals surface area contributed by atoms with Crippen LogP contribution in [0.3, 0.4) is 0 Å². The van der Waals surface area contributed by atoms with E-state index < -0.39 is 0 Å². The molecule has 0 heterocycles. The minimum atomic E-state index is 0.558. The zero-order valence-electron chi connectivity index (χ0n) is 8.33. The van der Waals surface area contributed by atoms with Gasteiger partial charge in [0.2, 0.25) is 0 Å². The zero-order valence-corrected chi connectivity index (χ0v) is 8.33. The van der Waals surface area contributed by atoms with Gasteiger partial charge in [0.1, 0.15) is 5.56 Å². The number of rotatable bonds is 2. The van der Waals surface area contributed by atoms with Gasteiger partial charge in [0.15, 0.2) is 14.2 Å². The van der Waals surface area contributed by atoms with Crippen LogP contribution in [0.2, 0.25) is 0 Å². The highest BCUT2D eigenvalue weighted by molar-refractivity contribution is 5.89. The van der Waals surface area contributed by atoms with Crippen LogP contribution >= 0.6 is 0 Å². The van der Waals surface area contributed by atoms with Crippen LogP contribution in [0, 0.1) is 0 Å².